The Morgan fingerprint density at radius 3 is 2.30 bits per heavy atom. The highest BCUT2D eigenvalue weighted by atomic mass is 127. The zero-order chi connectivity index (χ0) is 16.0. The van der Waals surface area contributed by atoms with E-state index >= 15 is 0 Å². The number of nitrogens with zero attached hydrogens (tertiary/aromatic N) is 2. The molecule has 0 bridgehead atoms. The summed E-state index contributed by atoms with van der Waals surface area (Å²) in [5, 5.41) is 0. The van der Waals surface area contributed by atoms with Gasteiger partial charge in [0.2, 0.25) is 0 Å². The van der Waals surface area contributed by atoms with Crippen LogP contribution in [-0.4, -0.2) is 36.9 Å². The number of halogens is 4. The lowest BCUT2D eigenvalue weighted by Gasteiger charge is -2.27. The molecule has 1 saturated heterocycles. The van der Waals surface area contributed by atoms with Crippen LogP contribution in [0.3, 0.4) is 0 Å². The molecule has 0 atom stereocenters. The van der Waals surface area contributed by atoms with Crippen LogP contribution >= 0.6 is 24.0 Å². The van der Waals surface area contributed by atoms with Crippen molar-refractivity contribution in [2.75, 3.05) is 19.6 Å². The molecule has 0 unspecified atom stereocenters. The number of piperidine rings is 1. The van der Waals surface area contributed by atoms with E-state index in [0.29, 0.717) is 18.9 Å². The lowest BCUT2D eigenvalue weighted by Crippen LogP contribution is -2.41. The minimum Gasteiger partial charge on any atom is -0.406 e. The second-order valence-corrected chi connectivity index (χ2v) is 5.23. The Hall–Kier alpha value is -1.19. The molecule has 4 nitrogen and oxygen atoms in total. The number of alkyl halides is 3. The van der Waals surface area contributed by atoms with E-state index in [1.807, 2.05) is 0 Å². The Bertz CT molecular complexity index is 500. The van der Waals surface area contributed by atoms with Gasteiger partial charge in [0, 0.05) is 19.6 Å². The summed E-state index contributed by atoms with van der Waals surface area (Å²) >= 11 is 0. The highest BCUT2D eigenvalue weighted by molar-refractivity contribution is 14.0. The number of likely N-dealkylation sites (tertiary alicyclic amines) is 1. The third-order valence-corrected chi connectivity index (χ3v) is 3.51. The van der Waals surface area contributed by atoms with Crippen molar-refractivity contribution in [1.29, 1.82) is 0 Å². The molecule has 0 amide bonds. The van der Waals surface area contributed by atoms with Crippen LogP contribution in [0.1, 0.15) is 24.8 Å². The fourth-order valence-corrected chi connectivity index (χ4v) is 2.38. The molecule has 1 aliphatic rings. The molecule has 8 heteroatoms. The maximum absolute atomic E-state index is 12.1. The smallest absolute Gasteiger partial charge is 0.406 e. The standard InChI is InChI=1S/C15H20F3N3O.HI/c16-15(17,18)22-13-6-4-12(5-7-13)8-9-20-14(19)21-10-2-1-3-11-21;/h4-7H,1-3,8-11H2,(H2,19,20);1H. The quantitative estimate of drug-likeness (QED) is 0.440. The third-order valence-electron chi connectivity index (χ3n) is 3.51. The van der Waals surface area contributed by atoms with Gasteiger partial charge in [0.1, 0.15) is 5.75 Å². The van der Waals surface area contributed by atoms with E-state index in [4.69, 9.17) is 5.73 Å². The molecule has 1 heterocycles. The zero-order valence-electron chi connectivity index (χ0n) is 12.7. The van der Waals surface area contributed by atoms with Gasteiger partial charge in [-0.05, 0) is 43.4 Å². The molecule has 0 spiro atoms. The van der Waals surface area contributed by atoms with Crippen LogP contribution in [0.5, 0.6) is 5.75 Å². The van der Waals surface area contributed by atoms with Gasteiger partial charge in [0.05, 0.1) is 0 Å². The summed E-state index contributed by atoms with van der Waals surface area (Å²) < 4.78 is 40.0. The van der Waals surface area contributed by atoms with E-state index < -0.39 is 6.36 Å². The Labute approximate surface area is 150 Å². The van der Waals surface area contributed by atoms with Gasteiger partial charge in [-0.15, -0.1) is 37.1 Å². The summed E-state index contributed by atoms with van der Waals surface area (Å²) in [6.07, 6.45) is -0.528. The lowest BCUT2D eigenvalue weighted by molar-refractivity contribution is -0.274. The Balaban J connectivity index is 0.00000264. The fraction of sp³-hybridized carbons (Fsp3) is 0.533. The average Bonchev–Trinajstić information content (AvgIpc) is 2.48. The molecule has 0 radical (unpaired) electrons. The number of ether oxygens (including phenoxy) is 1. The molecular formula is C15H21F3IN3O. The maximum atomic E-state index is 12.1. The van der Waals surface area contributed by atoms with E-state index in [1.165, 1.54) is 18.6 Å². The zero-order valence-corrected chi connectivity index (χ0v) is 15.0. The first-order chi connectivity index (χ1) is 10.4. The van der Waals surface area contributed by atoms with Gasteiger partial charge in [-0.2, -0.15) is 0 Å². The van der Waals surface area contributed by atoms with Gasteiger partial charge >= 0.3 is 6.36 Å². The average molecular weight is 443 g/mol. The van der Waals surface area contributed by atoms with E-state index in [-0.39, 0.29) is 29.7 Å². The van der Waals surface area contributed by atoms with Crippen molar-refractivity contribution in [3.8, 4) is 5.75 Å². The van der Waals surface area contributed by atoms with Gasteiger partial charge in [0.15, 0.2) is 5.96 Å². The Kier molecular flexibility index (Phi) is 7.93. The van der Waals surface area contributed by atoms with Gasteiger partial charge in [-0.1, -0.05) is 12.1 Å². The summed E-state index contributed by atoms with van der Waals surface area (Å²) in [6.45, 7) is 2.40. The first-order valence-electron chi connectivity index (χ1n) is 7.33. The van der Waals surface area contributed by atoms with Crippen LogP contribution < -0.4 is 10.5 Å². The monoisotopic (exact) mass is 443 g/mol. The second kappa shape index (κ2) is 9.19. The first kappa shape index (κ1) is 19.9. The van der Waals surface area contributed by atoms with Crippen molar-refractivity contribution in [2.24, 2.45) is 10.7 Å². The summed E-state index contributed by atoms with van der Waals surface area (Å²) in [5.41, 5.74) is 6.83. The molecule has 130 valence electrons. The lowest BCUT2D eigenvalue weighted by atomic mass is 10.1. The largest absolute Gasteiger partial charge is 0.573 e. The number of benzene rings is 1. The van der Waals surface area contributed by atoms with Crippen molar-refractivity contribution in [3.05, 3.63) is 29.8 Å². The van der Waals surface area contributed by atoms with Crippen LogP contribution in [0, 0.1) is 0 Å². The van der Waals surface area contributed by atoms with Crippen molar-refractivity contribution < 1.29 is 17.9 Å². The molecule has 1 aromatic carbocycles. The van der Waals surface area contributed by atoms with Gasteiger partial charge < -0.3 is 15.4 Å². The molecule has 1 fully saturated rings. The fourth-order valence-electron chi connectivity index (χ4n) is 2.38. The highest BCUT2D eigenvalue weighted by Crippen LogP contribution is 2.22. The summed E-state index contributed by atoms with van der Waals surface area (Å²) in [5.74, 6) is 0.337. The predicted octanol–water partition coefficient (Wildman–Crippen LogP) is 3.55. The topological polar surface area (TPSA) is 50.9 Å². The van der Waals surface area contributed by atoms with Gasteiger partial charge in [-0.25, -0.2) is 0 Å². The van der Waals surface area contributed by atoms with E-state index in [2.05, 4.69) is 14.6 Å². The van der Waals surface area contributed by atoms with Crippen LogP contribution in [0.4, 0.5) is 13.2 Å². The van der Waals surface area contributed by atoms with Gasteiger partial charge in [0.25, 0.3) is 0 Å². The van der Waals surface area contributed by atoms with Crippen molar-refractivity contribution in [2.45, 2.75) is 32.0 Å². The SMILES string of the molecule is I.NC(=NCCc1ccc(OC(F)(F)F)cc1)N1CCCCC1. The molecular weight excluding hydrogens is 422 g/mol. The van der Waals surface area contributed by atoms with Crippen LogP contribution in [0.25, 0.3) is 0 Å². The van der Waals surface area contributed by atoms with Crippen LogP contribution in [0.2, 0.25) is 0 Å². The maximum Gasteiger partial charge on any atom is 0.573 e. The predicted molar refractivity (Wildman–Crippen MR) is 94.2 cm³/mol. The minimum atomic E-state index is -4.66. The number of nitrogens with two attached hydrogens (primary N) is 1. The van der Waals surface area contributed by atoms with Crippen LogP contribution in [0.15, 0.2) is 29.3 Å². The normalized spacial score (nSPS) is 16.0. The van der Waals surface area contributed by atoms with Crippen molar-refractivity contribution >= 4 is 29.9 Å². The Morgan fingerprint density at radius 2 is 1.74 bits per heavy atom. The number of guanidine groups is 1. The highest BCUT2D eigenvalue weighted by Gasteiger charge is 2.30. The number of hydrogen-bond acceptors (Lipinski definition) is 2. The number of aliphatic imine (C=N–C) groups is 1. The van der Waals surface area contributed by atoms with Crippen LogP contribution in [-0.2, 0) is 6.42 Å². The van der Waals surface area contributed by atoms with Crippen molar-refractivity contribution in [1.82, 2.24) is 4.90 Å². The summed E-state index contributed by atoms with van der Waals surface area (Å²) in [6, 6.07) is 5.82. The van der Waals surface area contributed by atoms with E-state index in [1.54, 1.807) is 12.1 Å². The van der Waals surface area contributed by atoms with E-state index in [0.717, 1.165) is 31.5 Å². The molecule has 2 N–H and O–H groups in total. The van der Waals surface area contributed by atoms with Crippen molar-refractivity contribution in [3.63, 3.8) is 0 Å². The molecule has 0 saturated carbocycles. The third kappa shape index (κ3) is 7.28. The van der Waals surface area contributed by atoms with E-state index in [9.17, 15) is 13.2 Å². The molecule has 1 aromatic rings. The number of hydrogen-bond donors (Lipinski definition) is 1. The molecule has 23 heavy (non-hydrogen) atoms. The first-order valence-corrected chi connectivity index (χ1v) is 7.33. The Morgan fingerprint density at radius 1 is 1.13 bits per heavy atom. The minimum absolute atomic E-state index is 0. The molecule has 2 rings (SSSR count). The molecule has 0 aromatic heterocycles. The second-order valence-electron chi connectivity index (χ2n) is 5.23. The number of rotatable bonds is 4. The summed E-state index contributed by atoms with van der Waals surface area (Å²) in [7, 11) is 0. The van der Waals surface area contributed by atoms with Gasteiger partial charge in [-0.3, -0.25) is 4.99 Å². The molecule has 1 aliphatic heterocycles. The molecule has 0 aliphatic carbocycles. The summed E-state index contributed by atoms with van der Waals surface area (Å²) in [4.78, 5) is 6.41.